The molecule has 3 amide bonds. The summed E-state index contributed by atoms with van der Waals surface area (Å²) in [5.41, 5.74) is 0.594. The van der Waals surface area contributed by atoms with Gasteiger partial charge < -0.3 is 20.6 Å². The number of aliphatic hydroxyl groups is 1. The summed E-state index contributed by atoms with van der Waals surface area (Å²) in [6.07, 6.45) is 2.06. The number of nitrogens with zero attached hydrogens (tertiary/aromatic N) is 1. The van der Waals surface area contributed by atoms with Crippen LogP contribution in [0.4, 0.5) is 5.69 Å². The number of amides is 3. The maximum absolute atomic E-state index is 13.8. The molecule has 0 saturated carbocycles. The van der Waals surface area contributed by atoms with Gasteiger partial charge in [0, 0.05) is 23.0 Å². The molecule has 6 atom stereocenters. The number of rotatable bonds is 7. The van der Waals surface area contributed by atoms with Gasteiger partial charge in [-0.15, -0.1) is 11.8 Å². The van der Waals surface area contributed by atoms with Crippen LogP contribution in [-0.2, 0) is 14.4 Å². The van der Waals surface area contributed by atoms with Crippen LogP contribution in [0.15, 0.2) is 24.3 Å². The van der Waals surface area contributed by atoms with E-state index in [1.165, 1.54) is 0 Å². The van der Waals surface area contributed by atoms with E-state index in [1.807, 2.05) is 13.8 Å². The molecule has 3 aliphatic rings. The maximum Gasteiger partial charge on any atom is 0.248 e. The highest BCUT2D eigenvalue weighted by molar-refractivity contribution is 8.02. The highest BCUT2D eigenvalue weighted by atomic mass is 35.5. The molecule has 3 saturated heterocycles. The number of thioether (sulfide) groups is 1. The van der Waals surface area contributed by atoms with Crippen molar-refractivity contribution >= 4 is 46.8 Å². The number of fused-ring (bicyclic) bond motifs is 1. The number of halogens is 1. The minimum atomic E-state index is -0.753. The van der Waals surface area contributed by atoms with E-state index in [9.17, 15) is 19.5 Å². The molecule has 2 unspecified atom stereocenters. The standard InChI is InChI=1S/C23H30ClN3O4S/c1-12(2)10-15(11-28)27-19(21(30)26-14-6-4-13(24)5-7-14)23-9-8-16(32-23)17(20(29)25-3)18(23)22(27)31/h4-7,12,15-19,28H,8-11H2,1-3H3,(H,25,29)(H,26,30)/t15-,16-,17+,18+,19?,23?/m1/s1. The van der Waals surface area contributed by atoms with E-state index < -0.39 is 28.7 Å². The van der Waals surface area contributed by atoms with Gasteiger partial charge in [-0.1, -0.05) is 25.4 Å². The lowest BCUT2D eigenvalue weighted by atomic mass is 9.70. The van der Waals surface area contributed by atoms with Crippen LogP contribution in [-0.4, -0.2) is 63.5 Å². The van der Waals surface area contributed by atoms with Crippen LogP contribution in [0.3, 0.4) is 0 Å². The number of carbonyl (C=O) groups is 3. The van der Waals surface area contributed by atoms with E-state index >= 15 is 0 Å². The predicted octanol–water partition coefficient (Wildman–Crippen LogP) is 2.52. The van der Waals surface area contributed by atoms with Crippen molar-refractivity contribution in [2.24, 2.45) is 17.8 Å². The predicted molar refractivity (Wildman–Crippen MR) is 125 cm³/mol. The van der Waals surface area contributed by atoms with E-state index in [0.717, 1.165) is 6.42 Å². The first kappa shape index (κ1) is 23.4. The zero-order valence-electron chi connectivity index (χ0n) is 18.5. The first-order chi connectivity index (χ1) is 15.2. The number of benzene rings is 1. The van der Waals surface area contributed by atoms with Gasteiger partial charge in [-0.25, -0.2) is 0 Å². The van der Waals surface area contributed by atoms with Crippen molar-refractivity contribution in [2.45, 2.75) is 55.2 Å². The second kappa shape index (κ2) is 8.88. The molecule has 1 spiro atoms. The number of hydrogen-bond acceptors (Lipinski definition) is 5. The number of hydrogen-bond donors (Lipinski definition) is 3. The Morgan fingerprint density at radius 2 is 1.97 bits per heavy atom. The molecule has 9 heteroatoms. The third-order valence-electron chi connectivity index (χ3n) is 6.99. The molecule has 3 fully saturated rings. The molecule has 2 bridgehead atoms. The van der Waals surface area contributed by atoms with Gasteiger partial charge in [0.25, 0.3) is 0 Å². The Kier molecular flexibility index (Phi) is 6.49. The summed E-state index contributed by atoms with van der Waals surface area (Å²) >= 11 is 7.59. The van der Waals surface area contributed by atoms with Crippen molar-refractivity contribution in [1.82, 2.24) is 10.2 Å². The molecule has 0 aromatic heterocycles. The molecule has 3 N–H and O–H groups in total. The molecule has 3 aliphatic heterocycles. The number of aliphatic hydroxyl groups excluding tert-OH is 1. The molecule has 32 heavy (non-hydrogen) atoms. The lowest BCUT2D eigenvalue weighted by Gasteiger charge is -2.37. The third kappa shape index (κ3) is 3.70. The fourth-order valence-corrected chi connectivity index (χ4v) is 8.15. The topological polar surface area (TPSA) is 98.7 Å². The van der Waals surface area contributed by atoms with Gasteiger partial charge in [-0.2, -0.15) is 0 Å². The van der Waals surface area contributed by atoms with Crippen molar-refractivity contribution < 1.29 is 19.5 Å². The summed E-state index contributed by atoms with van der Waals surface area (Å²) in [6, 6.07) is 5.61. The molecule has 1 aromatic rings. The van der Waals surface area contributed by atoms with Gasteiger partial charge >= 0.3 is 0 Å². The van der Waals surface area contributed by atoms with Crippen LogP contribution in [0.2, 0.25) is 5.02 Å². The zero-order chi connectivity index (χ0) is 23.2. The van der Waals surface area contributed by atoms with Crippen molar-refractivity contribution in [3.05, 3.63) is 29.3 Å². The van der Waals surface area contributed by atoms with Gasteiger partial charge in [-0.05, 0) is 49.4 Å². The number of carbonyl (C=O) groups excluding carboxylic acids is 3. The van der Waals surface area contributed by atoms with Crippen molar-refractivity contribution in [3.8, 4) is 0 Å². The quantitative estimate of drug-likeness (QED) is 0.558. The fourth-order valence-electron chi connectivity index (χ4n) is 5.81. The molecular formula is C23H30ClN3O4S. The molecule has 7 nitrogen and oxygen atoms in total. The molecule has 4 rings (SSSR count). The van der Waals surface area contributed by atoms with Gasteiger partial charge in [0.2, 0.25) is 17.7 Å². The molecule has 0 aliphatic carbocycles. The largest absolute Gasteiger partial charge is 0.394 e. The first-order valence-corrected chi connectivity index (χ1v) is 12.4. The minimum absolute atomic E-state index is 0.0227. The summed E-state index contributed by atoms with van der Waals surface area (Å²) in [5, 5.41) is 16.5. The highest BCUT2D eigenvalue weighted by Crippen LogP contribution is 2.66. The van der Waals surface area contributed by atoms with Crippen molar-refractivity contribution in [3.63, 3.8) is 0 Å². The Bertz CT molecular complexity index is 911. The summed E-state index contributed by atoms with van der Waals surface area (Å²) in [7, 11) is 1.59. The summed E-state index contributed by atoms with van der Waals surface area (Å²) in [4.78, 5) is 41.9. The van der Waals surface area contributed by atoms with Gasteiger partial charge in [0.05, 0.1) is 29.2 Å². The van der Waals surface area contributed by atoms with Crippen LogP contribution in [0.25, 0.3) is 0 Å². The molecule has 0 radical (unpaired) electrons. The number of anilines is 1. The summed E-state index contributed by atoms with van der Waals surface area (Å²) in [5.74, 6) is -1.41. The lowest BCUT2D eigenvalue weighted by molar-refractivity contribution is -0.142. The highest BCUT2D eigenvalue weighted by Gasteiger charge is 2.74. The Hall–Kier alpha value is -1.77. The zero-order valence-corrected chi connectivity index (χ0v) is 20.1. The van der Waals surface area contributed by atoms with Crippen molar-refractivity contribution in [1.29, 1.82) is 0 Å². The van der Waals surface area contributed by atoms with Crippen LogP contribution in [0, 0.1) is 17.8 Å². The lowest BCUT2D eigenvalue weighted by Crippen LogP contribution is -2.55. The smallest absolute Gasteiger partial charge is 0.248 e. The van der Waals surface area contributed by atoms with Crippen LogP contribution >= 0.6 is 23.4 Å². The van der Waals surface area contributed by atoms with Gasteiger partial charge in [-0.3, -0.25) is 14.4 Å². The van der Waals surface area contributed by atoms with Crippen LogP contribution in [0.1, 0.15) is 33.1 Å². The van der Waals surface area contributed by atoms with Crippen LogP contribution in [0.5, 0.6) is 0 Å². The normalized spacial score (nSPS) is 31.7. The van der Waals surface area contributed by atoms with E-state index in [4.69, 9.17) is 11.6 Å². The minimum Gasteiger partial charge on any atom is -0.394 e. The second-order valence-corrected chi connectivity index (χ2v) is 11.4. The monoisotopic (exact) mass is 479 g/mol. The molecular weight excluding hydrogens is 450 g/mol. The summed E-state index contributed by atoms with van der Waals surface area (Å²) in [6.45, 7) is 3.83. The second-order valence-electron chi connectivity index (χ2n) is 9.38. The summed E-state index contributed by atoms with van der Waals surface area (Å²) < 4.78 is -0.667. The third-order valence-corrected chi connectivity index (χ3v) is 9.20. The van der Waals surface area contributed by atoms with E-state index in [2.05, 4.69) is 10.6 Å². The number of nitrogens with one attached hydrogen (secondary N) is 2. The fraction of sp³-hybridized carbons (Fsp3) is 0.609. The van der Waals surface area contributed by atoms with E-state index in [-0.39, 0.29) is 35.5 Å². The van der Waals surface area contributed by atoms with Crippen LogP contribution < -0.4 is 10.6 Å². The van der Waals surface area contributed by atoms with Gasteiger partial charge in [0.1, 0.15) is 6.04 Å². The molecule has 3 heterocycles. The average Bonchev–Trinajstić information content (AvgIpc) is 3.40. The Balaban J connectivity index is 1.74. The molecule has 174 valence electrons. The Morgan fingerprint density at radius 1 is 1.28 bits per heavy atom. The average molecular weight is 480 g/mol. The number of likely N-dealkylation sites (tertiary alicyclic amines) is 1. The first-order valence-electron chi connectivity index (χ1n) is 11.1. The SMILES string of the molecule is CNC(=O)[C@@H]1[C@H]2C(=O)N([C@@H](CO)CC(C)C)C(C(=O)Nc3ccc(Cl)cc3)C23CC[C@H]1S3. The molecule has 1 aromatic carbocycles. The Morgan fingerprint density at radius 3 is 2.56 bits per heavy atom. The Labute approximate surface area is 197 Å². The van der Waals surface area contributed by atoms with Gasteiger partial charge in [0.15, 0.2) is 0 Å². The van der Waals surface area contributed by atoms with E-state index in [1.54, 1.807) is 48.0 Å². The maximum atomic E-state index is 13.8. The van der Waals surface area contributed by atoms with E-state index in [0.29, 0.717) is 23.6 Å². The van der Waals surface area contributed by atoms with Crippen molar-refractivity contribution in [2.75, 3.05) is 19.0 Å².